The monoisotopic (exact) mass is 618 g/mol. The van der Waals surface area contributed by atoms with Crippen LogP contribution < -0.4 is 0 Å². The number of halogens is 2. The Morgan fingerprint density at radius 1 is 0.439 bits per heavy atom. The van der Waals surface area contributed by atoms with Crippen molar-refractivity contribution in [2.75, 3.05) is 25.3 Å². The van der Waals surface area contributed by atoms with Gasteiger partial charge in [-0.2, -0.15) is 0 Å². The molecule has 0 aromatic rings. The third kappa shape index (κ3) is 32.7. The molecule has 0 saturated carbocycles. The molecule has 0 aliphatic carbocycles. The molecule has 0 saturated heterocycles. The van der Waals surface area contributed by atoms with Gasteiger partial charge in [-0.25, -0.2) is 0 Å². The van der Waals surface area contributed by atoms with Gasteiger partial charge in [0, 0.05) is 11.8 Å². The summed E-state index contributed by atoms with van der Waals surface area (Å²) in [7, 11) is 0. The van der Waals surface area contributed by atoms with Crippen molar-refractivity contribution in [2.45, 2.75) is 180 Å². The summed E-state index contributed by atoms with van der Waals surface area (Å²) >= 11 is 11.4. The fourth-order valence-electron chi connectivity index (χ4n) is 5.00. The fraction of sp³-hybridized carbons (Fsp3) is 0.889. The molecule has 0 rings (SSSR count). The lowest BCUT2D eigenvalue weighted by Crippen LogP contribution is -2.18. The molecule has 0 N–H and O–H groups in total. The van der Waals surface area contributed by atoms with Crippen LogP contribution in [-0.4, -0.2) is 37.6 Å². The first-order valence-corrected chi connectivity index (χ1v) is 18.6. The fourth-order valence-corrected chi connectivity index (χ4v) is 5.38. The van der Waals surface area contributed by atoms with E-state index >= 15 is 0 Å². The quantitative estimate of drug-likeness (QED) is 0.0310. The van der Waals surface area contributed by atoms with Gasteiger partial charge in [-0.15, -0.1) is 23.2 Å². The van der Waals surface area contributed by atoms with Crippen molar-refractivity contribution in [2.24, 2.45) is 0 Å². The normalized spacial score (nSPS) is 13.6. The minimum atomic E-state index is 0.256. The highest BCUT2D eigenvalue weighted by atomic mass is 35.5. The Bertz CT molecular complexity index is 495. The van der Waals surface area contributed by atoms with Crippen molar-refractivity contribution in [1.29, 1.82) is 0 Å². The van der Waals surface area contributed by atoms with Gasteiger partial charge in [0.2, 0.25) is 0 Å². The smallest absolute Gasteiger partial charge is 0.149 e. The zero-order chi connectivity index (χ0) is 29.9. The molecule has 0 aliphatic rings. The lowest BCUT2D eigenvalue weighted by Gasteiger charge is -2.18. The molecule has 0 aliphatic heterocycles. The molecule has 0 radical (unpaired) electrons. The predicted molar refractivity (Wildman–Crippen MR) is 182 cm³/mol. The number of unbranched alkanes of at least 4 members (excludes halogenated alkanes) is 16. The third-order valence-electron chi connectivity index (χ3n) is 7.84. The number of rotatable bonds is 34. The number of hydrogen-bond donors (Lipinski definition) is 0. The molecule has 0 fully saturated rings. The van der Waals surface area contributed by atoms with Gasteiger partial charge in [0.1, 0.15) is 13.6 Å². The molecular formula is C36H68Cl2O3. The van der Waals surface area contributed by atoms with E-state index in [0.717, 1.165) is 50.3 Å². The van der Waals surface area contributed by atoms with Crippen LogP contribution in [0.5, 0.6) is 0 Å². The molecule has 41 heavy (non-hydrogen) atoms. The molecule has 0 bridgehead atoms. The van der Waals surface area contributed by atoms with Crippen molar-refractivity contribution < 1.29 is 14.2 Å². The summed E-state index contributed by atoms with van der Waals surface area (Å²) in [4.78, 5) is 0. The number of ether oxygens (including phenoxy) is 3. The maximum atomic E-state index is 5.94. The van der Waals surface area contributed by atoms with Crippen LogP contribution >= 0.6 is 23.2 Å². The predicted octanol–water partition coefficient (Wildman–Crippen LogP) is 12.7. The van der Waals surface area contributed by atoms with Crippen LogP contribution in [-0.2, 0) is 14.2 Å². The Morgan fingerprint density at radius 2 is 0.756 bits per heavy atom. The van der Waals surface area contributed by atoms with Gasteiger partial charge in [-0.3, -0.25) is 0 Å². The van der Waals surface area contributed by atoms with E-state index in [4.69, 9.17) is 37.4 Å². The van der Waals surface area contributed by atoms with E-state index in [0.29, 0.717) is 13.6 Å². The second kappa shape index (κ2) is 36.1. The molecule has 0 spiro atoms. The van der Waals surface area contributed by atoms with Crippen molar-refractivity contribution >= 4 is 23.2 Å². The van der Waals surface area contributed by atoms with Gasteiger partial charge >= 0.3 is 0 Å². The summed E-state index contributed by atoms with van der Waals surface area (Å²) in [6.07, 6.45) is 39.8. The Morgan fingerprint density at radius 3 is 1.10 bits per heavy atom. The first kappa shape index (κ1) is 40.9. The standard InChI is InChI=1S/C36H68Cl2O3/c1-3-35(29-25-21-17-13-9-5-7-11-15-19-23-27-31-37)40-33-39-34-41-36(4-2)30-26-22-18-14-10-6-8-12-16-20-24-28-32-38/h17-18,21-22,35-36H,3-16,19-20,23-34H2,1-2H3. The van der Waals surface area contributed by atoms with E-state index in [1.807, 2.05) is 0 Å². The van der Waals surface area contributed by atoms with Crippen LogP contribution in [0, 0.1) is 0 Å². The lowest BCUT2D eigenvalue weighted by atomic mass is 10.1. The number of allylic oxidation sites excluding steroid dienone is 4. The van der Waals surface area contributed by atoms with Crippen molar-refractivity contribution in [1.82, 2.24) is 0 Å². The Labute approximate surface area is 266 Å². The maximum Gasteiger partial charge on any atom is 0.149 e. The highest BCUT2D eigenvalue weighted by Gasteiger charge is 2.07. The van der Waals surface area contributed by atoms with Gasteiger partial charge in [0.15, 0.2) is 0 Å². The van der Waals surface area contributed by atoms with Crippen molar-refractivity contribution in [3.8, 4) is 0 Å². The van der Waals surface area contributed by atoms with Gasteiger partial charge in [0.25, 0.3) is 0 Å². The zero-order valence-corrected chi connectivity index (χ0v) is 28.8. The van der Waals surface area contributed by atoms with Crippen LogP contribution in [0.15, 0.2) is 24.3 Å². The van der Waals surface area contributed by atoms with Crippen molar-refractivity contribution in [3.63, 3.8) is 0 Å². The Hall–Kier alpha value is -0.0600. The second-order valence-corrected chi connectivity index (χ2v) is 12.3. The van der Waals surface area contributed by atoms with Crippen LogP contribution in [0.2, 0.25) is 0 Å². The number of hydrogen-bond acceptors (Lipinski definition) is 3. The van der Waals surface area contributed by atoms with E-state index in [2.05, 4.69) is 38.2 Å². The minimum absolute atomic E-state index is 0.256. The number of alkyl halides is 2. The Kier molecular flexibility index (Phi) is 36.1. The van der Waals surface area contributed by atoms with Crippen LogP contribution in [0.25, 0.3) is 0 Å². The van der Waals surface area contributed by atoms with Gasteiger partial charge in [-0.05, 0) is 77.0 Å². The second-order valence-electron chi connectivity index (χ2n) is 11.5. The van der Waals surface area contributed by atoms with Gasteiger partial charge < -0.3 is 14.2 Å². The van der Waals surface area contributed by atoms with Crippen LogP contribution in [0.4, 0.5) is 0 Å². The zero-order valence-electron chi connectivity index (χ0n) is 27.2. The largest absolute Gasteiger partial charge is 0.352 e. The molecule has 0 amide bonds. The first-order chi connectivity index (χ1) is 20.3. The first-order valence-electron chi connectivity index (χ1n) is 17.5. The molecular weight excluding hydrogens is 551 g/mol. The summed E-state index contributed by atoms with van der Waals surface area (Å²) in [5, 5.41) is 0. The Balaban J connectivity index is 3.60. The SMILES string of the molecule is CCC(CCC=CCCCCCCCCCCCl)OCOCOC(CC)CCC=CCCCCCCCCCCCl. The summed E-state index contributed by atoms with van der Waals surface area (Å²) in [6, 6.07) is 0. The van der Waals surface area contributed by atoms with Gasteiger partial charge in [0.05, 0.1) is 12.2 Å². The molecule has 2 unspecified atom stereocenters. The average molecular weight is 620 g/mol. The summed E-state index contributed by atoms with van der Waals surface area (Å²) in [6.45, 7) is 5.01. The molecule has 3 nitrogen and oxygen atoms in total. The van der Waals surface area contributed by atoms with Gasteiger partial charge in [-0.1, -0.05) is 115 Å². The average Bonchev–Trinajstić information content (AvgIpc) is 2.99. The van der Waals surface area contributed by atoms with E-state index in [1.54, 1.807) is 0 Å². The molecule has 0 heterocycles. The summed E-state index contributed by atoms with van der Waals surface area (Å²) < 4.78 is 17.5. The van der Waals surface area contributed by atoms with E-state index < -0.39 is 0 Å². The molecule has 0 aromatic heterocycles. The molecule has 2 atom stereocenters. The van der Waals surface area contributed by atoms with E-state index in [9.17, 15) is 0 Å². The molecule has 244 valence electrons. The maximum absolute atomic E-state index is 5.94. The highest BCUT2D eigenvalue weighted by molar-refractivity contribution is 6.18. The minimum Gasteiger partial charge on any atom is -0.352 e. The van der Waals surface area contributed by atoms with E-state index in [-0.39, 0.29) is 12.2 Å². The highest BCUT2D eigenvalue weighted by Crippen LogP contribution is 2.13. The van der Waals surface area contributed by atoms with Crippen LogP contribution in [0.3, 0.4) is 0 Å². The lowest BCUT2D eigenvalue weighted by molar-refractivity contribution is -0.166. The summed E-state index contributed by atoms with van der Waals surface area (Å²) in [5.74, 6) is 1.63. The van der Waals surface area contributed by atoms with Crippen LogP contribution in [0.1, 0.15) is 168 Å². The molecule has 0 aromatic carbocycles. The molecule has 5 heteroatoms. The summed E-state index contributed by atoms with van der Waals surface area (Å²) in [5.41, 5.74) is 0. The topological polar surface area (TPSA) is 27.7 Å². The van der Waals surface area contributed by atoms with E-state index in [1.165, 1.54) is 116 Å². The van der Waals surface area contributed by atoms with Crippen molar-refractivity contribution in [3.05, 3.63) is 24.3 Å². The third-order valence-corrected chi connectivity index (χ3v) is 8.37.